The van der Waals surface area contributed by atoms with Crippen LogP contribution in [0.3, 0.4) is 0 Å². The number of benzene rings is 1. The number of aromatic nitrogens is 1. The third-order valence-electron chi connectivity index (χ3n) is 6.00. The normalized spacial score (nSPS) is 21.4. The Morgan fingerprint density at radius 1 is 1.20 bits per heavy atom. The van der Waals surface area contributed by atoms with Crippen LogP contribution in [-0.4, -0.2) is 28.4 Å². The first kappa shape index (κ1) is 16.4. The zero-order chi connectivity index (χ0) is 17.4. The molecule has 1 aromatic carbocycles. The zero-order valence-electron chi connectivity index (χ0n) is 15.2. The van der Waals surface area contributed by atoms with Crippen LogP contribution in [0.5, 0.6) is 0 Å². The molecule has 1 saturated carbocycles. The number of fused-ring (bicyclic) bond motifs is 1. The average Bonchev–Trinajstić information content (AvgIpc) is 3.05. The van der Waals surface area contributed by atoms with Gasteiger partial charge in [0.1, 0.15) is 0 Å². The van der Waals surface area contributed by atoms with Crippen molar-refractivity contribution < 1.29 is 9.53 Å². The Morgan fingerprint density at radius 2 is 1.96 bits per heavy atom. The van der Waals surface area contributed by atoms with Gasteiger partial charge in [-0.2, -0.15) is 0 Å². The molecule has 0 amide bonds. The van der Waals surface area contributed by atoms with E-state index in [4.69, 9.17) is 9.73 Å². The molecule has 132 valence electrons. The van der Waals surface area contributed by atoms with E-state index in [9.17, 15) is 4.79 Å². The molecule has 0 radical (unpaired) electrons. The van der Waals surface area contributed by atoms with E-state index in [0.717, 1.165) is 44.4 Å². The molecule has 25 heavy (non-hydrogen) atoms. The van der Waals surface area contributed by atoms with Gasteiger partial charge in [0.2, 0.25) is 0 Å². The molecule has 1 aliphatic heterocycles. The van der Waals surface area contributed by atoms with Gasteiger partial charge in [-0.05, 0) is 50.7 Å². The molecule has 0 bridgehead atoms. The third kappa shape index (κ3) is 2.78. The van der Waals surface area contributed by atoms with Crippen LogP contribution in [0, 0.1) is 6.92 Å². The Bertz CT molecular complexity index is 841. The third-order valence-corrected chi connectivity index (χ3v) is 6.00. The Morgan fingerprint density at radius 3 is 2.76 bits per heavy atom. The van der Waals surface area contributed by atoms with Crippen LogP contribution in [-0.2, 0) is 23.0 Å². The predicted molar refractivity (Wildman–Crippen MR) is 100 cm³/mol. The van der Waals surface area contributed by atoms with Crippen molar-refractivity contribution in [2.45, 2.75) is 57.5 Å². The molecule has 1 spiro atoms. The number of carbonyl (C=O) groups excluding carboxylic acids is 1. The molecule has 4 rings (SSSR count). The lowest BCUT2D eigenvalue weighted by molar-refractivity contribution is -0.148. The largest absolute Gasteiger partial charge is 0.453 e. The van der Waals surface area contributed by atoms with E-state index in [1.54, 1.807) is 0 Å². The minimum atomic E-state index is -0.372. The smallest absolute Gasteiger partial charge is 0.312 e. The predicted octanol–water partition coefficient (Wildman–Crippen LogP) is 4.12. The Labute approximate surface area is 148 Å². The molecule has 1 saturated heterocycles. The maximum Gasteiger partial charge on any atom is 0.312 e. The summed E-state index contributed by atoms with van der Waals surface area (Å²) < 4.78 is 7.98. The van der Waals surface area contributed by atoms with E-state index in [0.29, 0.717) is 6.42 Å². The molecule has 2 fully saturated rings. The maximum atomic E-state index is 11.9. The number of rotatable bonds is 3. The fourth-order valence-corrected chi connectivity index (χ4v) is 4.54. The van der Waals surface area contributed by atoms with E-state index in [-0.39, 0.29) is 11.6 Å². The van der Waals surface area contributed by atoms with Crippen LogP contribution in [0.15, 0.2) is 29.3 Å². The minimum Gasteiger partial charge on any atom is -0.453 e. The number of esters is 1. The van der Waals surface area contributed by atoms with Crippen molar-refractivity contribution in [3.63, 3.8) is 0 Å². The summed E-state index contributed by atoms with van der Waals surface area (Å²) in [5, 5.41) is 1.31. The van der Waals surface area contributed by atoms with E-state index < -0.39 is 0 Å². The fourth-order valence-electron chi connectivity index (χ4n) is 4.54. The lowest BCUT2D eigenvalue weighted by Gasteiger charge is -2.32. The second kappa shape index (κ2) is 6.32. The Hall–Kier alpha value is -2.10. The lowest BCUT2D eigenvalue weighted by atomic mass is 9.81. The zero-order valence-corrected chi connectivity index (χ0v) is 15.2. The molecule has 4 nitrogen and oxygen atoms in total. The topological polar surface area (TPSA) is 43.6 Å². The molecule has 0 atom stereocenters. The quantitative estimate of drug-likeness (QED) is 0.790. The van der Waals surface area contributed by atoms with Crippen molar-refractivity contribution >= 4 is 22.6 Å². The summed E-state index contributed by atoms with van der Waals surface area (Å²) in [6, 6.07) is 8.53. The SMILES string of the molecule is Cc1c(CCN=C2CC(=O)OC23CCCCC3)c2ccccc2n1C. The Kier molecular flexibility index (Phi) is 4.14. The van der Waals surface area contributed by atoms with E-state index in [2.05, 4.69) is 42.8 Å². The first-order valence-corrected chi connectivity index (χ1v) is 9.39. The number of hydrogen-bond donors (Lipinski definition) is 0. The number of aryl methyl sites for hydroxylation is 1. The highest BCUT2D eigenvalue weighted by molar-refractivity contribution is 6.09. The van der Waals surface area contributed by atoms with Gasteiger partial charge in [0, 0.05) is 30.2 Å². The molecular weight excluding hydrogens is 312 g/mol. The van der Waals surface area contributed by atoms with Gasteiger partial charge in [-0.15, -0.1) is 0 Å². The maximum absolute atomic E-state index is 11.9. The number of para-hydroxylation sites is 1. The van der Waals surface area contributed by atoms with Crippen LogP contribution in [0.2, 0.25) is 0 Å². The number of ether oxygens (including phenoxy) is 1. The Balaban J connectivity index is 1.57. The van der Waals surface area contributed by atoms with Crippen molar-refractivity contribution in [3.8, 4) is 0 Å². The molecule has 2 aromatic rings. The van der Waals surface area contributed by atoms with Gasteiger partial charge >= 0.3 is 5.97 Å². The second-order valence-electron chi connectivity index (χ2n) is 7.42. The van der Waals surface area contributed by atoms with Gasteiger partial charge in [-0.1, -0.05) is 24.6 Å². The van der Waals surface area contributed by atoms with Crippen LogP contribution >= 0.6 is 0 Å². The minimum absolute atomic E-state index is 0.0954. The number of hydrogen-bond acceptors (Lipinski definition) is 3. The summed E-state index contributed by atoms with van der Waals surface area (Å²) in [6.45, 7) is 2.90. The van der Waals surface area contributed by atoms with E-state index >= 15 is 0 Å². The van der Waals surface area contributed by atoms with Gasteiger partial charge in [-0.25, -0.2) is 0 Å². The number of nitrogens with zero attached hydrogens (tertiary/aromatic N) is 2. The fraction of sp³-hybridized carbons (Fsp3) is 0.524. The molecule has 0 unspecified atom stereocenters. The molecular formula is C21H26N2O2. The van der Waals surface area contributed by atoms with Gasteiger partial charge in [0.05, 0.1) is 12.1 Å². The average molecular weight is 338 g/mol. The monoisotopic (exact) mass is 338 g/mol. The summed E-state index contributed by atoms with van der Waals surface area (Å²) in [6.07, 6.45) is 6.69. The van der Waals surface area contributed by atoms with Crippen LogP contribution in [0.25, 0.3) is 10.9 Å². The molecule has 1 aromatic heterocycles. The summed E-state index contributed by atoms with van der Waals surface area (Å²) in [5.41, 5.74) is 4.56. The number of carbonyl (C=O) groups is 1. The van der Waals surface area contributed by atoms with Gasteiger partial charge in [0.25, 0.3) is 0 Å². The van der Waals surface area contributed by atoms with Crippen molar-refractivity contribution in [2.75, 3.05) is 6.54 Å². The first-order valence-electron chi connectivity index (χ1n) is 9.39. The van der Waals surface area contributed by atoms with Crippen LogP contribution in [0.4, 0.5) is 0 Å². The highest BCUT2D eigenvalue weighted by Gasteiger charge is 2.46. The van der Waals surface area contributed by atoms with Crippen molar-refractivity contribution in [1.29, 1.82) is 0 Å². The van der Waals surface area contributed by atoms with Gasteiger partial charge in [0.15, 0.2) is 5.60 Å². The summed E-state index contributed by atoms with van der Waals surface area (Å²) >= 11 is 0. The van der Waals surface area contributed by atoms with Crippen molar-refractivity contribution in [1.82, 2.24) is 4.57 Å². The standard InChI is InChI=1S/C21H26N2O2/c1-15-16(17-8-4-5-9-18(17)23(15)2)10-13-22-19-14-20(24)25-21(19)11-6-3-7-12-21/h4-5,8-9H,3,6-7,10-14H2,1-2H3. The summed E-state index contributed by atoms with van der Waals surface area (Å²) in [4.78, 5) is 16.8. The summed E-state index contributed by atoms with van der Waals surface area (Å²) in [7, 11) is 2.12. The van der Waals surface area contributed by atoms with Crippen molar-refractivity contribution in [2.24, 2.45) is 12.0 Å². The second-order valence-corrected chi connectivity index (χ2v) is 7.42. The van der Waals surface area contributed by atoms with E-state index in [1.165, 1.54) is 28.6 Å². The molecule has 1 aliphatic carbocycles. The molecule has 0 N–H and O–H groups in total. The molecule has 4 heteroatoms. The number of aliphatic imine (C=N–C) groups is 1. The van der Waals surface area contributed by atoms with Gasteiger partial charge in [-0.3, -0.25) is 9.79 Å². The van der Waals surface area contributed by atoms with Crippen LogP contribution < -0.4 is 0 Å². The van der Waals surface area contributed by atoms with Crippen LogP contribution in [0.1, 0.15) is 49.8 Å². The van der Waals surface area contributed by atoms with Crippen molar-refractivity contribution in [3.05, 3.63) is 35.5 Å². The molecule has 2 heterocycles. The first-order chi connectivity index (χ1) is 12.1. The highest BCUT2D eigenvalue weighted by atomic mass is 16.6. The van der Waals surface area contributed by atoms with E-state index in [1.807, 2.05) is 0 Å². The van der Waals surface area contributed by atoms with Gasteiger partial charge < -0.3 is 9.30 Å². The lowest BCUT2D eigenvalue weighted by Crippen LogP contribution is -2.38. The highest BCUT2D eigenvalue weighted by Crippen LogP contribution is 2.38. The summed E-state index contributed by atoms with van der Waals surface area (Å²) in [5.74, 6) is -0.0954. The molecule has 2 aliphatic rings.